The molecule has 0 aliphatic rings. The normalized spacial score (nSPS) is 11.2. The summed E-state index contributed by atoms with van der Waals surface area (Å²) in [4.78, 5) is 10.9. The molecule has 0 bridgehead atoms. The van der Waals surface area contributed by atoms with Gasteiger partial charge in [-0.25, -0.2) is 0 Å². The second kappa shape index (κ2) is 5.96. The number of carbonyl (C=O) groups is 1. The van der Waals surface area contributed by atoms with Gasteiger partial charge >= 0.3 is 5.97 Å². The van der Waals surface area contributed by atoms with Crippen LogP contribution in [-0.2, 0) is 10.5 Å². The number of ether oxygens (including phenoxy) is 1. The van der Waals surface area contributed by atoms with E-state index in [0.29, 0.717) is 5.75 Å². The van der Waals surface area contributed by atoms with Crippen LogP contribution in [0, 0.1) is 5.41 Å². The molecule has 0 heterocycles. The molecule has 0 aliphatic heterocycles. The van der Waals surface area contributed by atoms with Gasteiger partial charge < -0.3 is 9.84 Å². The van der Waals surface area contributed by atoms with Crippen molar-refractivity contribution >= 4 is 17.7 Å². The molecule has 0 spiro atoms. The molecule has 17 heavy (non-hydrogen) atoms. The zero-order valence-electron chi connectivity index (χ0n) is 10.4. The second-order valence-electron chi connectivity index (χ2n) is 4.53. The minimum atomic E-state index is -0.750. The highest BCUT2D eigenvalue weighted by Gasteiger charge is 2.26. The van der Waals surface area contributed by atoms with Gasteiger partial charge in [0.1, 0.15) is 5.75 Å². The molecule has 0 unspecified atom stereocenters. The van der Waals surface area contributed by atoms with E-state index in [4.69, 9.17) is 9.84 Å². The number of benzene rings is 1. The molecule has 0 saturated carbocycles. The van der Waals surface area contributed by atoms with E-state index in [2.05, 4.69) is 0 Å². The Labute approximate surface area is 106 Å². The topological polar surface area (TPSA) is 46.5 Å². The van der Waals surface area contributed by atoms with Gasteiger partial charge in [0.25, 0.3) is 0 Å². The minimum absolute atomic E-state index is 0.606. The van der Waals surface area contributed by atoms with Crippen molar-refractivity contribution in [2.45, 2.75) is 19.6 Å². The standard InChI is InChI=1S/C13H18O3S/c1-13(2,12(14)15)9-17-8-10-4-6-11(16-3)7-5-10/h4-7H,8-9H2,1-3H3,(H,14,15). The number of aliphatic carboxylic acids is 1. The van der Waals surface area contributed by atoms with Gasteiger partial charge in [0.05, 0.1) is 12.5 Å². The summed E-state index contributed by atoms with van der Waals surface area (Å²) >= 11 is 1.63. The van der Waals surface area contributed by atoms with Crippen molar-refractivity contribution in [1.82, 2.24) is 0 Å². The number of hydrogen-bond donors (Lipinski definition) is 1. The Morgan fingerprint density at radius 3 is 2.41 bits per heavy atom. The fourth-order valence-corrected chi connectivity index (χ4v) is 2.37. The van der Waals surface area contributed by atoms with Crippen LogP contribution in [0.25, 0.3) is 0 Å². The predicted molar refractivity (Wildman–Crippen MR) is 70.6 cm³/mol. The first-order valence-corrected chi connectivity index (χ1v) is 6.55. The molecule has 0 amide bonds. The van der Waals surface area contributed by atoms with E-state index in [1.807, 2.05) is 24.3 Å². The molecule has 4 heteroatoms. The van der Waals surface area contributed by atoms with Gasteiger partial charge in [0.15, 0.2) is 0 Å². The predicted octanol–water partition coefficient (Wildman–Crippen LogP) is 3.04. The van der Waals surface area contributed by atoms with Crippen LogP contribution in [0.5, 0.6) is 5.75 Å². The van der Waals surface area contributed by atoms with Gasteiger partial charge in [0, 0.05) is 11.5 Å². The second-order valence-corrected chi connectivity index (χ2v) is 5.52. The highest BCUT2D eigenvalue weighted by Crippen LogP contribution is 2.25. The van der Waals surface area contributed by atoms with E-state index in [-0.39, 0.29) is 0 Å². The lowest BCUT2D eigenvalue weighted by Crippen LogP contribution is -2.26. The summed E-state index contributed by atoms with van der Waals surface area (Å²) in [7, 11) is 1.64. The number of carboxylic acid groups (broad SMARTS) is 1. The molecular weight excluding hydrogens is 236 g/mol. The molecule has 0 aromatic heterocycles. The Kier molecular flexibility index (Phi) is 4.87. The van der Waals surface area contributed by atoms with Crippen LogP contribution < -0.4 is 4.74 Å². The number of thioether (sulfide) groups is 1. The lowest BCUT2D eigenvalue weighted by molar-refractivity contribution is -0.145. The monoisotopic (exact) mass is 254 g/mol. The summed E-state index contributed by atoms with van der Waals surface area (Å²) in [5.74, 6) is 1.51. The third kappa shape index (κ3) is 4.30. The molecule has 1 aromatic rings. The van der Waals surface area contributed by atoms with E-state index < -0.39 is 11.4 Å². The van der Waals surface area contributed by atoms with Crippen molar-refractivity contribution in [3.63, 3.8) is 0 Å². The van der Waals surface area contributed by atoms with E-state index in [1.54, 1.807) is 32.7 Å². The summed E-state index contributed by atoms with van der Waals surface area (Å²) < 4.78 is 5.07. The van der Waals surface area contributed by atoms with E-state index in [9.17, 15) is 4.79 Å². The average molecular weight is 254 g/mol. The van der Waals surface area contributed by atoms with Crippen LogP contribution in [0.3, 0.4) is 0 Å². The maximum Gasteiger partial charge on any atom is 0.309 e. The first-order valence-electron chi connectivity index (χ1n) is 5.40. The Hall–Kier alpha value is -1.16. The van der Waals surface area contributed by atoms with Gasteiger partial charge in [-0.1, -0.05) is 12.1 Å². The molecule has 1 aromatic carbocycles. The number of methoxy groups -OCH3 is 1. The van der Waals surface area contributed by atoms with Crippen LogP contribution >= 0.6 is 11.8 Å². The van der Waals surface area contributed by atoms with Crippen molar-refractivity contribution in [2.75, 3.05) is 12.9 Å². The minimum Gasteiger partial charge on any atom is -0.497 e. The molecule has 94 valence electrons. The van der Waals surface area contributed by atoms with Gasteiger partial charge in [0.2, 0.25) is 0 Å². The Morgan fingerprint density at radius 2 is 1.94 bits per heavy atom. The highest BCUT2D eigenvalue weighted by molar-refractivity contribution is 7.98. The quantitative estimate of drug-likeness (QED) is 0.847. The van der Waals surface area contributed by atoms with Crippen molar-refractivity contribution < 1.29 is 14.6 Å². The molecular formula is C13H18O3S. The molecule has 0 fully saturated rings. The Balaban J connectivity index is 2.43. The first-order chi connectivity index (χ1) is 7.95. The maximum atomic E-state index is 10.9. The smallest absolute Gasteiger partial charge is 0.309 e. The van der Waals surface area contributed by atoms with Gasteiger partial charge in [-0.3, -0.25) is 4.79 Å². The fraction of sp³-hybridized carbons (Fsp3) is 0.462. The highest BCUT2D eigenvalue weighted by atomic mass is 32.2. The summed E-state index contributed by atoms with van der Waals surface area (Å²) in [6, 6.07) is 7.83. The van der Waals surface area contributed by atoms with Crippen LogP contribution in [0.15, 0.2) is 24.3 Å². The average Bonchev–Trinajstić information content (AvgIpc) is 2.29. The van der Waals surface area contributed by atoms with Crippen molar-refractivity contribution in [3.8, 4) is 5.75 Å². The molecule has 1 rings (SSSR count). The van der Waals surface area contributed by atoms with Gasteiger partial charge in [-0.15, -0.1) is 0 Å². The van der Waals surface area contributed by atoms with E-state index in [1.165, 1.54) is 5.56 Å². The van der Waals surface area contributed by atoms with Crippen LogP contribution in [0.2, 0.25) is 0 Å². The van der Waals surface area contributed by atoms with Crippen molar-refractivity contribution in [1.29, 1.82) is 0 Å². The zero-order valence-corrected chi connectivity index (χ0v) is 11.2. The molecule has 0 radical (unpaired) electrons. The molecule has 0 atom stereocenters. The van der Waals surface area contributed by atoms with Gasteiger partial charge in [-0.05, 0) is 31.5 Å². The lowest BCUT2D eigenvalue weighted by atomic mass is 9.97. The maximum absolute atomic E-state index is 10.9. The molecule has 0 saturated heterocycles. The fourth-order valence-electron chi connectivity index (χ4n) is 1.21. The van der Waals surface area contributed by atoms with E-state index in [0.717, 1.165) is 11.5 Å². The Bertz CT molecular complexity index is 371. The van der Waals surface area contributed by atoms with E-state index >= 15 is 0 Å². The number of hydrogen-bond acceptors (Lipinski definition) is 3. The summed E-state index contributed by atoms with van der Waals surface area (Å²) in [5.41, 5.74) is 0.508. The number of carboxylic acids is 1. The van der Waals surface area contributed by atoms with Crippen molar-refractivity contribution in [3.05, 3.63) is 29.8 Å². The summed E-state index contributed by atoms with van der Waals surface area (Å²) in [6.07, 6.45) is 0. The van der Waals surface area contributed by atoms with Crippen LogP contribution in [-0.4, -0.2) is 23.9 Å². The SMILES string of the molecule is COc1ccc(CSCC(C)(C)C(=O)O)cc1. The molecule has 3 nitrogen and oxygen atoms in total. The summed E-state index contributed by atoms with van der Waals surface area (Å²) in [6.45, 7) is 3.49. The Morgan fingerprint density at radius 1 is 1.35 bits per heavy atom. The third-order valence-corrected chi connectivity index (χ3v) is 3.93. The lowest BCUT2D eigenvalue weighted by Gasteiger charge is -2.18. The first kappa shape index (κ1) is 13.9. The zero-order chi connectivity index (χ0) is 12.9. The van der Waals surface area contributed by atoms with Crippen LogP contribution in [0.1, 0.15) is 19.4 Å². The molecule has 0 aliphatic carbocycles. The third-order valence-electron chi connectivity index (χ3n) is 2.47. The van der Waals surface area contributed by atoms with Crippen LogP contribution in [0.4, 0.5) is 0 Å². The van der Waals surface area contributed by atoms with Crippen molar-refractivity contribution in [2.24, 2.45) is 5.41 Å². The van der Waals surface area contributed by atoms with Gasteiger partial charge in [-0.2, -0.15) is 11.8 Å². The summed E-state index contributed by atoms with van der Waals surface area (Å²) in [5, 5.41) is 8.98. The molecule has 1 N–H and O–H groups in total. The largest absolute Gasteiger partial charge is 0.497 e. The number of rotatable bonds is 6.